The Morgan fingerprint density at radius 3 is 2.51 bits per heavy atom. The molecule has 2 heterocycles. The number of nitrogens with one attached hydrogen (secondary N) is 3. The van der Waals surface area contributed by atoms with Crippen LogP contribution >= 0.6 is 0 Å². The normalized spacial score (nSPS) is 23.4. The number of aliphatic hydroxyl groups is 2. The highest BCUT2D eigenvalue weighted by Gasteiger charge is 2.41. The molecule has 8 N–H and O–H groups in total. The lowest BCUT2D eigenvalue weighted by atomic mass is 9.73. The lowest BCUT2D eigenvalue weighted by molar-refractivity contribution is -0.130. The van der Waals surface area contributed by atoms with Crippen LogP contribution in [0.3, 0.4) is 0 Å². The Balaban J connectivity index is 1.42. The first-order chi connectivity index (χ1) is 31.2. The molecule has 0 radical (unpaired) electrons. The van der Waals surface area contributed by atoms with Gasteiger partial charge in [-0.15, -0.1) is 0 Å². The molecule has 6 rings (SSSR count). The fraction of sp³-hybridized carbons (Fsp3) is 0.564. The van der Waals surface area contributed by atoms with Crippen molar-refractivity contribution in [3.8, 4) is 23.3 Å². The number of benzene rings is 2. The molecule has 10 nitrogen and oxygen atoms in total. The number of carbonyl (C=O) groups excluding carboxylic acids is 2. The standard InChI is InChI=1S/C55H76N4O6/c1-7-10-47(51(62)28-44-25-43(33-59-44)35(4)31-57-32-36(5)60)42-23-38(21-37-19-20-58-55(56)24-37)22-40-16-18-48(46-12-9-8-11-39(46)14-13-34(2)3)49-30-53(64)54(65-6)27-41(49)15-17-45(61)29-52(63)50(40)26-42/h8-9,11-12,19,24-25,27,30,33-36,38,40,42,47-48,50-51,57-60,62,64H,7,10,13-15,17,20-23,26,28-29,31-32,56H2,1-6H3/t35-,36+,38-,40-,42+,47+,48-,50-,51-/m1/s1. The number of hydrogen-bond acceptors (Lipinski definition) is 9. The summed E-state index contributed by atoms with van der Waals surface area (Å²) in [5, 5.41) is 39.8. The summed E-state index contributed by atoms with van der Waals surface area (Å²) in [4.78, 5) is 32.2. The van der Waals surface area contributed by atoms with E-state index < -0.39 is 24.0 Å². The SMILES string of the molecule is CCC[C@@H]([C@H]1C[C@H](CC2=CCNC(N)=C2)C[C@H]2C#C[C@H](c3ccccc3CCC(C)C)c3cc(O)c(OC)cc3CCC(=O)CC(=O)[C@@H]2C1)[C@H](O)Cc1cc([C@H](C)CNC[C@H](C)O)c[nH]1. The van der Waals surface area contributed by atoms with Gasteiger partial charge in [0.1, 0.15) is 11.6 Å². The minimum Gasteiger partial charge on any atom is -0.504 e. The summed E-state index contributed by atoms with van der Waals surface area (Å²) < 4.78 is 5.57. The Morgan fingerprint density at radius 1 is 0.969 bits per heavy atom. The van der Waals surface area contributed by atoms with Crippen molar-refractivity contribution in [1.29, 1.82) is 0 Å². The van der Waals surface area contributed by atoms with Gasteiger partial charge in [-0.05, 0) is 146 Å². The molecule has 0 bridgehead atoms. The minimum absolute atomic E-state index is 0.0121. The number of rotatable bonds is 18. The molecule has 65 heavy (non-hydrogen) atoms. The lowest BCUT2D eigenvalue weighted by Gasteiger charge is -2.33. The third-order valence-electron chi connectivity index (χ3n) is 14.2. The average molecular weight is 889 g/mol. The maximum atomic E-state index is 14.8. The number of carbonyl (C=O) groups is 2. The number of ketones is 2. The highest BCUT2D eigenvalue weighted by Crippen LogP contribution is 2.45. The van der Waals surface area contributed by atoms with Crippen LogP contribution in [0.15, 0.2) is 72.2 Å². The number of ether oxygens (including phenoxy) is 1. The number of aromatic nitrogens is 1. The van der Waals surface area contributed by atoms with Gasteiger partial charge in [0.05, 0.1) is 37.5 Å². The zero-order valence-corrected chi connectivity index (χ0v) is 39.8. The van der Waals surface area contributed by atoms with Crippen LogP contribution in [0.25, 0.3) is 0 Å². The van der Waals surface area contributed by atoms with Crippen LogP contribution in [0, 0.1) is 47.3 Å². The number of fused-ring (bicyclic) bond motifs is 2. The second-order valence-electron chi connectivity index (χ2n) is 19.9. The maximum Gasteiger partial charge on any atom is 0.160 e. The molecular formula is C55H76N4O6. The number of nitrogens with two attached hydrogens (primary N) is 1. The Labute approximate surface area is 388 Å². The van der Waals surface area contributed by atoms with E-state index in [1.807, 2.05) is 24.4 Å². The summed E-state index contributed by atoms with van der Waals surface area (Å²) in [5.41, 5.74) is 13.6. The Bertz CT molecular complexity index is 2190. The van der Waals surface area contributed by atoms with Crippen LogP contribution in [-0.2, 0) is 28.9 Å². The topological polar surface area (TPSA) is 170 Å². The summed E-state index contributed by atoms with van der Waals surface area (Å²) in [6.45, 7) is 12.5. The van der Waals surface area contributed by atoms with Crippen molar-refractivity contribution in [3.05, 3.63) is 106 Å². The number of methoxy groups -OCH3 is 1. The van der Waals surface area contributed by atoms with Crippen molar-refractivity contribution < 1.29 is 29.6 Å². The van der Waals surface area contributed by atoms with Crippen LogP contribution in [0.4, 0.5) is 0 Å². The highest BCUT2D eigenvalue weighted by atomic mass is 16.5. The number of H-pyrrole nitrogens is 1. The summed E-state index contributed by atoms with van der Waals surface area (Å²) in [5.74, 6) is 7.98. The molecule has 1 fully saturated rings. The number of aryl methyl sites for hydroxylation is 2. The average Bonchev–Trinajstić information content (AvgIpc) is 3.66. The number of allylic oxidation sites excluding steroid dienone is 2. The molecule has 1 aliphatic heterocycles. The number of aromatic amines is 1. The van der Waals surface area contributed by atoms with Gasteiger partial charge in [0.2, 0.25) is 0 Å². The second kappa shape index (κ2) is 23.6. The van der Waals surface area contributed by atoms with E-state index in [-0.39, 0.29) is 59.7 Å². The quantitative estimate of drug-likeness (QED) is 0.0490. The van der Waals surface area contributed by atoms with Crippen LogP contribution in [0.1, 0.15) is 138 Å². The predicted molar refractivity (Wildman–Crippen MR) is 259 cm³/mol. The Morgan fingerprint density at radius 2 is 1.77 bits per heavy atom. The van der Waals surface area contributed by atoms with Gasteiger partial charge in [-0.25, -0.2) is 0 Å². The van der Waals surface area contributed by atoms with Crippen molar-refractivity contribution in [2.45, 2.75) is 136 Å². The third-order valence-corrected chi connectivity index (χ3v) is 14.2. The molecule has 2 aromatic carbocycles. The van der Waals surface area contributed by atoms with E-state index >= 15 is 0 Å². The molecule has 0 unspecified atom stereocenters. The molecule has 352 valence electrons. The van der Waals surface area contributed by atoms with E-state index in [4.69, 9.17) is 10.5 Å². The van der Waals surface area contributed by atoms with Crippen molar-refractivity contribution in [2.24, 2.45) is 41.2 Å². The lowest BCUT2D eigenvalue weighted by Crippen LogP contribution is -2.33. The smallest absolute Gasteiger partial charge is 0.160 e. The second-order valence-corrected chi connectivity index (χ2v) is 19.9. The Hall–Kier alpha value is -4.82. The Kier molecular flexibility index (Phi) is 18.0. The number of aromatic hydroxyl groups is 1. The maximum absolute atomic E-state index is 14.8. The molecule has 3 aromatic rings. The molecule has 1 saturated carbocycles. The van der Waals surface area contributed by atoms with Gasteiger partial charge < -0.3 is 41.4 Å². The van der Waals surface area contributed by atoms with E-state index in [1.165, 1.54) is 12.7 Å². The number of phenols is 1. The van der Waals surface area contributed by atoms with Crippen molar-refractivity contribution in [1.82, 2.24) is 15.6 Å². The number of aliphatic hydroxyl groups excluding tert-OH is 2. The first-order valence-electron chi connectivity index (χ1n) is 24.4. The first-order valence-corrected chi connectivity index (χ1v) is 24.4. The zero-order chi connectivity index (χ0) is 46.6. The van der Waals surface area contributed by atoms with Gasteiger partial charge >= 0.3 is 0 Å². The predicted octanol–water partition coefficient (Wildman–Crippen LogP) is 8.39. The van der Waals surface area contributed by atoms with Crippen molar-refractivity contribution >= 4 is 11.6 Å². The number of Topliss-reactive ketones (excluding diaryl/α,β-unsaturated/α-hetero) is 2. The van der Waals surface area contributed by atoms with Gasteiger partial charge in [-0.2, -0.15) is 0 Å². The summed E-state index contributed by atoms with van der Waals surface area (Å²) >= 11 is 0. The molecule has 3 aliphatic rings. The van der Waals surface area contributed by atoms with E-state index in [9.17, 15) is 24.9 Å². The van der Waals surface area contributed by atoms with E-state index in [1.54, 1.807) is 13.0 Å². The number of phenolic OH excluding ortho intramolecular Hbond substituents is 1. The van der Waals surface area contributed by atoms with Gasteiger partial charge in [0, 0.05) is 56.2 Å². The molecule has 9 atom stereocenters. The summed E-state index contributed by atoms with van der Waals surface area (Å²) in [6, 6.07) is 14.2. The molecule has 2 aliphatic carbocycles. The summed E-state index contributed by atoms with van der Waals surface area (Å²) in [7, 11) is 1.53. The van der Waals surface area contributed by atoms with Crippen LogP contribution < -0.4 is 21.1 Å². The largest absolute Gasteiger partial charge is 0.504 e. The van der Waals surface area contributed by atoms with E-state index in [0.717, 1.165) is 78.6 Å². The van der Waals surface area contributed by atoms with Crippen LogP contribution in [-0.4, -0.2) is 70.8 Å². The summed E-state index contributed by atoms with van der Waals surface area (Å²) in [6.07, 6.45) is 12.4. The molecule has 10 heteroatoms. The van der Waals surface area contributed by atoms with E-state index in [2.05, 4.69) is 85.5 Å². The molecule has 0 saturated heterocycles. The zero-order valence-electron chi connectivity index (χ0n) is 39.8. The monoisotopic (exact) mass is 889 g/mol. The molecule has 0 spiro atoms. The third kappa shape index (κ3) is 13.6. The van der Waals surface area contributed by atoms with Gasteiger partial charge in [0.25, 0.3) is 0 Å². The fourth-order valence-corrected chi connectivity index (χ4v) is 10.7. The fourth-order valence-electron chi connectivity index (χ4n) is 10.7. The van der Waals surface area contributed by atoms with Gasteiger partial charge in [0.15, 0.2) is 11.5 Å². The van der Waals surface area contributed by atoms with Crippen molar-refractivity contribution in [2.75, 3.05) is 26.7 Å². The highest BCUT2D eigenvalue weighted by molar-refractivity contribution is 6.00. The molecule has 0 amide bonds. The molecule has 1 aromatic heterocycles. The number of dihydropyridines is 1. The van der Waals surface area contributed by atoms with E-state index in [0.29, 0.717) is 56.3 Å². The van der Waals surface area contributed by atoms with Crippen LogP contribution in [0.2, 0.25) is 0 Å². The van der Waals surface area contributed by atoms with Gasteiger partial charge in [-0.3, -0.25) is 9.59 Å². The van der Waals surface area contributed by atoms with Crippen LogP contribution in [0.5, 0.6) is 11.5 Å². The number of hydrogen-bond donors (Lipinski definition) is 7. The van der Waals surface area contributed by atoms with Crippen molar-refractivity contribution in [3.63, 3.8) is 0 Å². The van der Waals surface area contributed by atoms with Gasteiger partial charge in [-0.1, -0.05) is 76.3 Å². The molecular weight excluding hydrogens is 813 g/mol. The minimum atomic E-state index is -0.650. The first kappa shape index (κ1) is 49.6.